The number of carbonyl (C=O) groups is 1. The highest BCUT2D eigenvalue weighted by Crippen LogP contribution is 2.29. The Balaban J connectivity index is 1.91. The summed E-state index contributed by atoms with van der Waals surface area (Å²) in [5, 5.41) is 9.19. The van der Waals surface area contributed by atoms with Gasteiger partial charge >= 0.3 is 0 Å². The van der Waals surface area contributed by atoms with E-state index in [9.17, 15) is 9.90 Å². The van der Waals surface area contributed by atoms with E-state index in [1.165, 1.54) is 6.42 Å². The van der Waals surface area contributed by atoms with Gasteiger partial charge in [0.25, 0.3) is 0 Å². The Morgan fingerprint density at radius 1 is 1.37 bits per heavy atom. The molecule has 0 radical (unpaired) electrons. The van der Waals surface area contributed by atoms with Crippen LogP contribution in [0, 0.1) is 0 Å². The minimum Gasteiger partial charge on any atom is -0.394 e. The molecule has 0 aromatic heterocycles. The Labute approximate surface area is 115 Å². The first kappa shape index (κ1) is 14.8. The van der Waals surface area contributed by atoms with E-state index in [0.717, 1.165) is 25.7 Å². The van der Waals surface area contributed by atoms with Crippen molar-refractivity contribution in [3.63, 3.8) is 0 Å². The number of carbonyl (C=O) groups excluding carboxylic acids is 1. The molecule has 2 fully saturated rings. The van der Waals surface area contributed by atoms with Gasteiger partial charge in [-0.05, 0) is 19.8 Å². The van der Waals surface area contributed by atoms with Gasteiger partial charge < -0.3 is 20.5 Å². The normalized spacial score (nSPS) is 31.2. The molecule has 0 aromatic rings. The van der Waals surface area contributed by atoms with Crippen LogP contribution in [-0.4, -0.2) is 53.4 Å². The average molecular weight is 270 g/mol. The molecule has 1 heterocycles. The molecular formula is C14H26N2O3. The Bertz CT molecular complexity index is 316. The van der Waals surface area contributed by atoms with Crippen LogP contribution in [0.15, 0.2) is 0 Å². The van der Waals surface area contributed by atoms with Crippen molar-refractivity contribution in [2.75, 3.05) is 19.7 Å². The van der Waals surface area contributed by atoms with Crippen LogP contribution in [-0.2, 0) is 9.53 Å². The van der Waals surface area contributed by atoms with Crippen LogP contribution in [0.4, 0.5) is 0 Å². The number of aliphatic hydroxyl groups is 1. The number of aliphatic hydroxyl groups excluding tert-OH is 1. The van der Waals surface area contributed by atoms with Crippen LogP contribution in [0.2, 0.25) is 0 Å². The van der Waals surface area contributed by atoms with Gasteiger partial charge in [-0.1, -0.05) is 19.3 Å². The third kappa shape index (κ3) is 3.91. The smallest absolute Gasteiger partial charge is 0.224 e. The highest BCUT2D eigenvalue weighted by molar-refractivity contribution is 5.77. The van der Waals surface area contributed by atoms with Crippen molar-refractivity contribution in [2.24, 2.45) is 5.73 Å². The molecule has 1 saturated carbocycles. The summed E-state index contributed by atoms with van der Waals surface area (Å²) in [6, 6.07) is 0. The first-order valence-corrected chi connectivity index (χ1v) is 7.35. The quantitative estimate of drug-likeness (QED) is 0.789. The standard InChI is InChI=1S/C14H26N2O3/c1-11-8-16(9-12(10-17)19-11)13(18)7-14(15)5-3-2-4-6-14/h11-12,17H,2-10,15H2,1H3. The van der Waals surface area contributed by atoms with Crippen molar-refractivity contribution in [2.45, 2.75) is 63.2 Å². The van der Waals surface area contributed by atoms with Gasteiger partial charge in [0.1, 0.15) is 0 Å². The topological polar surface area (TPSA) is 75.8 Å². The van der Waals surface area contributed by atoms with Gasteiger partial charge in [0.05, 0.1) is 18.8 Å². The monoisotopic (exact) mass is 270 g/mol. The molecule has 1 amide bonds. The van der Waals surface area contributed by atoms with Gasteiger partial charge in [0, 0.05) is 25.0 Å². The van der Waals surface area contributed by atoms with E-state index < -0.39 is 0 Å². The second-order valence-electron chi connectivity index (χ2n) is 6.15. The highest BCUT2D eigenvalue weighted by Gasteiger charge is 2.34. The van der Waals surface area contributed by atoms with Crippen LogP contribution in [0.5, 0.6) is 0 Å². The van der Waals surface area contributed by atoms with E-state index in [-0.39, 0.29) is 30.3 Å². The number of hydrogen-bond donors (Lipinski definition) is 2. The fourth-order valence-corrected chi connectivity index (χ4v) is 3.20. The number of rotatable bonds is 3. The third-order valence-electron chi connectivity index (χ3n) is 4.24. The van der Waals surface area contributed by atoms with Crippen LogP contribution in [0.3, 0.4) is 0 Å². The molecule has 19 heavy (non-hydrogen) atoms. The molecular weight excluding hydrogens is 244 g/mol. The second kappa shape index (κ2) is 6.20. The van der Waals surface area contributed by atoms with E-state index in [2.05, 4.69) is 0 Å². The summed E-state index contributed by atoms with van der Waals surface area (Å²) in [5.41, 5.74) is 6.03. The number of nitrogens with two attached hydrogens (primary N) is 1. The Kier molecular flexibility index (Phi) is 4.81. The maximum absolute atomic E-state index is 12.4. The van der Waals surface area contributed by atoms with Gasteiger partial charge in [-0.2, -0.15) is 0 Å². The van der Waals surface area contributed by atoms with Crippen molar-refractivity contribution in [1.29, 1.82) is 0 Å². The lowest BCUT2D eigenvalue weighted by Crippen LogP contribution is -2.53. The fourth-order valence-electron chi connectivity index (χ4n) is 3.20. The summed E-state index contributed by atoms with van der Waals surface area (Å²) in [6.07, 6.45) is 5.53. The van der Waals surface area contributed by atoms with E-state index in [1.807, 2.05) is 6.92 Å². The van der Waals surface area contributed by atoms with Gasteiger partial charge in [0.2, 0.25) is 5.91 Å². The molecule has 2 aliphatic rings. The summed E-state index contributed by atoms with van der Waals surface area (Å²) in [5.74, 6) is 0.109. The number of ether oxygens (including phenoxy) is 1. The lowest BCUT2D eigenvalue weighted by molar-refractivity contribution is -0.148. The van der Waals surface area contributed by atoms with Crippen LogP contribution in [0.1, 0.15) is 45.4 Å². The number of morpholine rings is 1. The molecule has 2 rings (SSSR count). The van der Waals surface area contributed by atoms with E-state index >= 15 is 0 Å². The molecule has 1 aliphatic heterocycles. The minimum atomic E-state index is -0.314. The maximum atomic E-state index is 12.4. The molecule has 1 aliphatic carbocycles. The molecule has 5 nitrogen and oxygen atoms in total. The SMILES string of the molecule is CC1CN(C(=O)CC2(N)CCCCC2)CC(CO)O1. The zero-order chi connectivity index (χ0) is 13.9. The fraction of sp³-hybridized carbons (Fsp3) is 0.929. The summed E-state index contributed by atoms with van der Waals surface area (Å²) in [7, 11) is 0. The van der Waals surface area contributed by atoms with E-state index in [4.69, 9.17) is 10.5 Å². The lowest BCUT2D eigenvalue weighted by atomic mass is 9.80. The maximum Gasteiger partial charge on any atom is 0.224 e. The molecule has 0 bridgehead atoms. The average Bonchev–Trinajstić information content (AvgIpc) is 2.38. The van der Waals surface area contributed by atoms with Gasteiger partial charge in [-0.25, -0.2) is 0 Å². The molecule has 0 aromatic carbocycles. The van der Waals surface area contributed by atoms with Crippen molar-refractivity contribution in [3.05, 3.63) is 0 Å². The van der Waals surface area contributed by atoms with E-state index in [1.54, 1.807) is 4.90 Å². The molecule has 110 valence electrons. The molecule has 0 spiro atoms. The van der Waals surface area contributed by atoms with Gasteiger partial charge in [-0.3, -0.25) is 4.79 Å². The van der Waals surface area contributed by atoms with Crippen LogP contribution >= 0.6 is 0 Å². The number of nitrogens with zero attached hydrogens (tertiary/aromatic N) is 1. The highest BCUT2D eigenvalue weighted by atomic mass is 16.5. The molecule has 2 atom stereocenters. The predicted molar refractivity (Wildman–Crippen MR) is 72.6 cm³/mol. The minimum absolute atomic E-state index is 0.0186. The van der Waals surface area contributed by atoms with Gasteiger partial charge in [-0.15, -0.1) is 0 Å². The Morgan fingerprint density at radius 2 is 2.05 bits per heavy atom. The predicted octanol–water partition coefficient (Wildman–Crippen LogP) is 0.646. The summed E-state index contributed by atoms with van der Waals surface area (Å²) in [6.45, 7) is 2.98. The zero-order valence-corrected chi connectivity index (χ0v) is 11.8. The zero-order valence-electron chi connectivity index (χ0n) is 11.8. The third-order valence-corrected chi connectivity index (χ3v) is 4.24. The Hall–Kier alpha value is -0.650. The van der Waals surface area contributed by atoms with Crippen LogP contribution < -0.4 is 5.73 Å². The summed E-state index contributed by atoms with van der Waals surface area (Å²) in [4.78, 5) is 14.2. The van der Waals surface area contributed by atoms with Crippen LogP contribution in [0.25, 0.3) is 0 Å². The van der Waals surface area contributed by atoms with Crippen molar-refractivity contribution in [1.82, 2.24) is 4.90 Å². The van der Waals surface area contributed by atoms with Crippen molar-refractivity contribution < 1.29 is 14.6 Å². The lowest BCUT2D eigenvalue weighted by Gasteiger charge is -2.39. The number of hydrogen-bond acceptors (Lipinski definition) is 4. The van der Waals surface area contributed by atoms with E-state index in [0.29, 0.717) is 19.5 Å². The largest absolute Gasteiger partial charge is 0.394 e. The first-order valence-electron chi connectivity index (χ1n) is 7.35. The van der Waals surface area contributed by atoms with Gasteiger partial charge in [0.15, 0.2) is 0 Å². The summed E-state index contributed by atoms with van der Waals surface area (Å²) >= 11 is 0. The molecule has 2 unspecified atom stereocenters. The molecule has 3 N–H and O–H groups in total. The van der Waals surface area contributed by atoms with Crippen molar-refractivity contribution >= 4 is 5.91 Å². The summed E-state index contributed by atoms with van der Waals surface area (Å²) < 4.78 is 5.56. The second-order valence-corrected chi connectivity index (χ2v) is 6.15. The number of amides is 1. The molecule has 1 saturated heterocycles. The first-order chi connectivity index (χ1) is 9.02. The Morgan fingerprint density at radius 3 is 2.68 bits per heavy atom. The molecule has 5 heteroatoms. The van der Waals surface area contributed by atoms with Crippen molar-refractivity contribution in [3.8, 4) is 0 Å².